The van der Waals surface area contributed by atoms with Crippen LogP contribution in [0, 0.1) is 0 Å². The summed E-state index contributed by atoms with van der Waals surface area (Å²) in [6.45, 7) is 3.34. The van der Waals surface area contributed by atoms with Crippen molar-refractivity contribution >= 4 is 28.4 Å². The minimum atomic E-state index is -0.311. The van der Waals surface area contributed by atoms with E-state index >= 15 is 0 Å². The fraction of sp³-hybridized carbons (Fsp3) is 0.211. The molecule has 0 aliphatic heterocycles. The van der Waals surface area contributed by atoms with Gasteiger partial charge in [-0.2, -0.15) is 0 Å². The Labute approximate surface area is 149 Å². The van der Waals surface area contributed by atoms with Crippen LogP contribution in [0.4, 0.5) is 0 Å². The summed E-state index contributed by atoms with van der Waals surface area (Å²) in [7, 11) is 1.56. The van der Waals surface area contributed by atoms with Crippen molar-refractivity contribution in [2.45, 2.75) is 24.3 Å². The number of carbonyl (C=O) groups excluding carboxylic acids is 1. The van der Waals surface area contributed by atoms with E-state index in [-0.39, 0.29) is 16.6 Å². The highest BCUT2D eigenvalue weighted by molar-refractivity contribution is 8.00. The normalized spacial score (nSPS) is 12.1. The number of rotatable bonds is 5. The van der Waals surface area contributed by atoms with Gasteiger partial charge in [0.2, 0.25) is 0 Å². The molecular weight excluding hydrogens is 336 g/mol. The molecule has 128 valence electrons. The van der Waals surface area contributed by atoms with Crippen LogP contribution in [0.2, 0.25) is 0 Å². The number of ether oxygens (including phenoxy) is 1. The Morgan fingerprint density at radius 3 is 2.56 bits per heavy atom. The van der Waals surface area contributed by atoms with E-state index in [0.717, 1.165) is 0 Å². The zero-order chi connectivity index (χ0) is 18.0. The van der Waals surface area contributed by atoms with Gasteiger partial charge in [-0.1, -0.05) is 36.0 Å². The average molecular weight is 354 g/mol. The quantitative estimate of drug-likeness (QED) is 0.519. The Kier molecular flexibility index (Phi) is 4.90. The van der Waals surface area contributed by atoms with E-state index in [2.05, 4.69) is 4.98 Å². The molecule has 5 nitrogen and oxygen atoms in total. The Morgan fingerprint density at radius 1 is 1.16 bits per heavy atom. The lowest BCUT2D eigenvalue weighted by molar-refractivity contribution is -0.116. The maximum Gasteiger partial charge on any atom is 0.266 e. The van der Waals surface area contributed by atoms with E-state index in [1.54, 1.807) is 38.3 Å². The fourth-order valence-corrected chi connectivity index (χ4v) is 3.38. The minimum absolute atomic E-state index is 0.0268. The monoisotopic (exact) mass is 354 g/mol. The third kappa shape index (κ3) is 3.30. The van der Waals surface area contributed by atoms with Gasteiger partial charge < -0.3 is 4.74 Å². The number of hydrogen-bond acceptors (Lipinski definition) is 5. The second kappa shape index (κ2) is 7.11. The minimum Gasteiger partial charge on any atom is -0.495 e. The first-order chi connectivity index (χ1) is 12.0. The van der Waals surface area contributed by atoms with Crippen LogP contribution >= 0.6 is 11.8 Å². The average Bonchev–Trinajstić information content (AvgIpc) is 2.62. The van der Waals surface area contributed by atoms with Crippen LogP contribution in [0.25, 0.3) is 16.6 Å². The van der Waals surface area contributed by atoms with Crippen molar-refractivity contribution in [3.63, 3.8) is 0 Å². The molecule has 0 spiro atoms. The van der Waals surface area contributed by atoms with Crippen molar-refractivity contribution in [2.24, 2.45) is 0 Å². The van der Waals surface area contributed by atoms with Crippen LogP contribution in [0.5, 0.6) is 5.75 Å². The molecule has 1 atom stereocenters. The molecule has 6 heteroatoms. The number of fused-ring (bicyclic) bond motifs is 1. The maximum atomic E-state index is 13.1. The van der Waals surface area contributed by atoms with Crippen molar-refractivity contribution in [1.82, 2.24) is 9.55 Å². The first-order valence-electron chi connectivity index (χ1n) is 7.85. The second-order valence-electron chi connectivity index (χ2n) is 5.59. The summed E-state index contributed by atoms with van der Waals surface area (Å²) in [5.74, 6) is 0.595. The van der Waals surface area contributed by atoms with Gasteiger partial charge in [0.15, 0.2) is 5.16 Å². The number of methoxy groups -OCH3 is 1. The highest BCUT2D eigenvalue weighted by Crippen LogP contribution is 2.29. The summed E-state index contributed by atoms with van der Waals surface area (Å²) in [4.78, 5) is 29.5. The Balaban J connectivity index is 2.32. The van der Waals surface area contributed by atoms with Crippen molar-refractivity contribution in [2.75, 3.05) is 7.11 Å². The highest BCUT2D eigenvalue weighted by atomic mass is 32.2. The van der Waals surface area contributed by atoms with Crippen LogP contribution in [0.3, 0.4) is 0 Å². The topological polar surface area (TPSA) is 61.2 Å². The largest absolute Gasteiger partial charge is 0.495 e. The molecule has 0 radical (unpaired) electrons. The molecule has 0 bridgehead atoms. The summed E-state index contributed by atoms with van der Waals surface area (Å²) in [6, 6.07) is 14.5. The smallest absolute Gasteiger partial charge is 0.266 e. The van der Waals surface area contributed by atoms with Gasteiger partial charge in [0.25, 0.3) is 5.56 Å². The number of aromatic nitrogens is 2. The summed E-state index contributed by atoms with van der Waals surface area (Å²) >= 11 is 1.27. The number of nitrogens with zero attached hydrogens (tertiary/aromatic N) is 2. The van der Waals surface area contributed by atoms with Crippen LogP contribution in [-0.4, -0.2) is 27.7 Å². The van der Waals surface area contributed by atoms with Crippen molar-refractivity contribution in [3.8, 4) is 11.4 Å². The van der Waals surface area contributed by atoms with E-state index in [4.69, 9.17) is 4.74 Å². The molecule has 1 heterocycles. The summed E-state index contributed by atoms with van der Waals surface area (Å²) < 4.78 is 6.93. The highest BCUT2D eigenvalue weighted by Gasteiger charge is 2.19. The lowest BCUT2D eigenvalue weighted by Gasteiger charge is -2.17. The number of thioether (sulfide) groups is 1. The number of carbonyl (C=O) groups is 1. The molecule has 25 heavy (non-hydrogen) atoms. The predicted octanol–water partition coefficient (Wildman–Crippen LogP) is 3.46. The molecule has 0 N–H and O–H groups in total. The van der Waals surface area contributed by atoms with E-state index < -0.39 is 0 Å². The summed E-state index contributed by atoms with van der Waals surface area (Å²) in [5, 5.41) is 0.679. The van der Waals surface area contributed by atoms with Gasteiger partial charge in [-0.15, -0.1) is 0 Å². The molecule has 1 unspecified atom stereocenters. The van der Waals surface area contributed by atoms with Gasteiger partial charge in [0.05, 0.1) is 29.0 Å². The molecule has 0 aliphatic carbocycles. The van der Waals surface area contributed by atoms with Crippen molar-refractivity contribution in [1.29, 1.82) is 0 Å². The molecule has 3 aromatic rings. The van der Waals surface area contributed by atoms with Crippen LogP contribution in [0.15, 0.2) is 58.5 Å². The molecule has 1 aromatic heterocycles. The Morgan fingerprint density at radius 2 is 1.84 bits per heavy atom. The van der Waals surface area contributed by atoms with E-state index in [1.165, 1.54) is 23.3 Å². The molecule has 0 aliphatic rings. The fourth-order valence-electron chi connectivity index (χ4n) is 2.46. The standard InChI is InChI=1S/C19H18N2O3S/c1-12(22)13(2)25-19-20-15-9-5-4-8-14(15)18(23)21(19)16-10-6-7-11-17(16)24-3/h4-11,13H,1-3H3. The number of para-hydroxylation sites is 3. The van der Waals surface area contributed by atoms with Gasteiger partial charge in [0, 0.05) is 0 Å². The van der Waals surface area contributed by atoms with Crippen molar-refractivity contribution in [3.05, 3.63) is 58.9 Å². The molecular formula is C19H18N2O3S. The zero-order valence-corrected chi connectivity index (χ0v) is 15.0. The van der Waals surface area contributed by atoms with Gasteiger partial charge in [0.1, 0.15) is 11.5 Å². The summed E-state index contributed by atoms with van der Waals surface area (Å²) in [5.41, 5.74) is 1.02. The molecule has 0 fully saturated rings. The Hall–Kier alpha value is -2.60. The van der Waals surface area contributed by atoms with E-state index in [0.29, 0.717) is 27.5 Å². The third-order valence-corrected chi connectivity index (χ3v) is 5.10. The summed E-state index contributed by atoms with van der Waals surface area (Å²) in [6.07, 6.45) is 0. The first kappa shape index (κ1) is 17.2. The van der Waals surface area contributed by atoms with E-state index in [9.17, 15) is 9.59 Å². The maximum absolute atomic E-state index is 13.1. The van der Waals surface area contributed by atoms with Gasteiger partial charge >= 0.3 is 0 Å². The van der Waals surface area contributed by atoms with Gasteiger partial charge in [-0.3, -0.25) is 14.2 Å². The lowest BCUT2D eigenvalue weighted by Crippen LogP contribution is -2.23. The van der Waals surface area contributed by atoms with E-state index in [1.807, 2.05) is 24.3 Å². The first-order valence-corrected chi connectivity index (χ1v) is 8.73. The molecule has 0 saturated carbocycles. The number of benzene rings is 2. The van der Waals surface area contributed by atoms with Crippen molar-refractivity contribution < 1.29 is 9.53 Å². The molecule has 2 aromatic carbocycles. The molecule has 3 rings (SSSR count). The number of hydrogen-bond donors (Lipinski definition) is 0. The lowest BCUT2D eigenvalue weighted by atomic mass is 10.2. The number of Topliss-reactive ketones (excluding diaryl/α,β-unsaturated/α-hetero) is 1. The predicted molar refractivity (Wildman–Crippen MR) is 99.9 cm³/mol. The van der Waals surface area contributed by atoms with Crippen LogP contribution in [0.1, 0.15) is 13.8 Å². The SMILES string of the molecule is COc1ccccc1-n1c(SC(C)C(C)=O)nc2ccccc2c1=O. The second-order valence-corrected chi connectivity index (χ2v) is 6.90. The van der Waals surface area contributed by atoms with Crippen LogP contribution < -0.4 is 10.3 Å². The van der Waals surface area contributed by atoms with Crippen LogP contribution in [-0.2, 0) is 4.79 Å². The zero-order valence-electron chi connectivity index (χ0n) is 14.2. The number of ketones is 1. The van der Waals surface area contributed by atoms with Gasteiger partial charge in [-0.05, 0) is 38.1 Å². The molecule has 0 amide bonds. The Bertz CT molecular complexity index is 997. The third-order valence-electron chi connectivity index (χ3n) is 3.93. The van der Waals surface area contributed by atoms with Gasteiger partial charge in [-0.25, -0.2) is 4.98 Å². The molecule has 0 saturated heterocycles.